The van der Waals surface area contributed by atoms with Gasteiger partial charge in [0.2, 0.25) is 0 Å². The van der Waals surface area contributed by atoms with Crippen LogP contribution in [-0.2, 0) is 10.3 Å². The maximum atomic E-state index is 9.56. The van der Waals surface area contributed by atoms with E-state index in [1.54, 1.807) is 18.9 Å². The van der Waals surface area contributed by atoms with Crippen LogP contribution in [0.5, 0.6) is 0 Å². The van der Waals surface area contributed by atoms with Crippen molar-refractivity contribution >= 4 is 11.8 Å². The zero-order valence-electron chi connectivity index (χ0n) is 10.7. The molecule has 0 saturated carbocycles. The molecule has 0 amide bonds. The van der Waals surface area contributed by atoms with Crippen molar-refractivity contribution in [2.75, 3.05) is 33.1 Å². The Morgan fingerprint density at radius 1 is 1.35 bits per heavy atom. The highest BCUT2D eigenvalue weighted by Crippen LogP contribution is 2.23. The van der Waals surface area contributed by atoms with E-state index in [-0.39, 0.29) is 6.61 Å². The Morgan fingerprint density at radius 3 is 2.47 bits per heavy atom. The molecule has 2 N–H and O–H groups in total. The topological polar surface area (TPSA) is 41.5 Å². The number of aliphatic hydroxyl groups is 1. The molecule has 17 heavy (non-hydrogen) atoms. The predicted molar refractivity (Wildman–Crippen MR) is 72.5 cm³/mol. The molecule has 0 aliphatic rings. The van der Waals surface area contributed by atoms with Gasteiger partial charge in [0.05, 0.1) is 18.8 Å². The van der Waals surface area contributed by atoms with Crippen molar-refractivity contribution in [1.29, 1.82) is 0 Å². The quantitative estimate of drug-likeness (QED) is 0.576. The third kappa shape index (κ3) is 4.00. The molecule has 0 fully saturated rings. The van der Waals surface area contributed by atoms with Crippen molar-refractivity contribution in [1.82, 2.24) is 5.32 Å². The zero-order valence-corrected chi connectivity index (χ0v) is 11.5. The van der Waals surface area contributed by atoms with Gasteiger partial charge in [-0.25, -0.2) is 0 Å². The molecular formula is C13H21NO2S. The molecule has 0 heterocycles. The second kappa shape index (κ2) is 7.01. The molecule has 1 aromatic rings. The fraction of sp³-hybridized carbons (Fsp3) is 0.538. The Kier molecular flexibility index (Phi) is 5.98. The van der Waals surface area contributed by atoms with Crippen LogP contribution in [0.2, 0.25) is 0 Å². The summed E-state index contributed by atoms with van der Waals surface area (Å²) in [6.07, 6.45) is 2.05. The molecule has 3 nitrogen and oxygen atoms in total. The van der Waals surface area contributed by atoms with Gasteiger partial charge in [0.1, 0.15) is 0 Å². The maximum absolute atomic E-state index is 9.56. The molecule has 0 radical (unpaired) electrons. The summed E-state index contributed by atoms with van der Waals surface area (Å²) in [7, 11) is 1.67. The van der Waals surface area contributed by atoms with Crippen LogP contribution in [0.4, 0.5) is 0 Å². The Labute approximate surface area is 108 Å². The van der Waals surface area contributed by atoms with Gasteiger partial charge in [-0.15, -0.1) is 11.8 Å². The first-order valence-corrected chi connectivity index (χ1v) is 6.88. The van der Waals surface area contributed by atoms with Gasteiger partial charge in [0.15, 0.2) is 0 Å². The summed E-state index contributed by atoms with van der Waals surface area (Å²) < 4.78 is 5.01. The average molecular weight is 255 g/mol. The molecule has 0 aliphatic carbocycles. The molecule has 0 saturated heterocycles. The lowest BCUT2D eigenvalue weighted by Crippen LogP contribution is -2.44. The van der Waals surface area contributed by atoms with E-state index < -0.39 is 5.54 Å². The van der Waals surface area contributed by atoms with Crippen LogP contribution in [0, 0.1) is 0 Å². The lowest BCUT2D eigenvalue weighted by atomic mass is 9.93. The van der Waals surface area contributed by atoms with Crippen molar-refractivity contribution in [3.63, 3.8) is 0 Å². The van der Waals surface area contributed by atoms with Crippen molar-refractivity contribution in [3.8, 4) is 0 Å². The van der Waals surface area contributed by atoms with Crippen molar-refractivity contribution < 1.29 is 9.84 Å². The second-order valence-electron chi connectivity index (χ2n) is 4.14. The van der Waals surface area contributed by atoms with Gasteiger partial charge in [0, 0.05) is 18.6 Å². The molecule has 0 aliphatic heterocycles. The van der Waals surface area contributed by atoms with E-state index in [0.717, 1.165) is 12.1 Å². The van der Waals surface area contributed by atoms with Crippen LogP contribution in [0.15, 0.2) is 29.2 Å². The summed E-state index contributed by atoms with van der Waals surface area (Å²) in [5.74, 6) is 0. The van der Waals surface area contributed by atoms with Crippen LogP contribution in [0.1, 0.15) is 12.5 Å². The molecule has 1 aromatic carbocycles. The normalized spacial score (nSPS) is 14.6. The number of rotatable bonds is 7. The molecule has 0 aromatic heterocycles. The van der Waals surface area contributed by atoms with Gasteiger partial charge in [-0.05, 0) is 30.9 Å². The van der Waals surface area contributed by atoms with E-state index >= 15 is 0 Å². The van der Waals surface area contributed by atoms with E-state index in [9.17, 15) is 5.11 Å². The number of ether oxygens (including phenoxy) is 1. The minimum absolute atomic E-state index is 0.0648. The van der Waals surface area contributed by atoms with Gasteiger partial charge in [-0.2, -0.15) is 0 Å². The third-order valence-electron chi connectivity index (χ3n) is 2.86. The molecular weight excluding hydrogens is 234 g/mol. The lowest BCUT2D eigenvalue weighted by molar-refractivity contribution is 0.148. The molecule has 4 heteroatoms. The van der Waals surface area contributed by atoms with Crippen molar-refractivity contribution in [2.24, 2.45) is 0 Å². The molecule has 1 rings (SSSR count). The van der Waals surface area contributed by atoms with Crippen LogP contribution < -0.4 is 5.32 Å². The van der Waals surface area contributed by atoms with E-state index in [4.69, 9.17) is 4.74 Å². The van der Waals surface area contributed by atoms with Crippen molar-refractivity contribution in [3.05, 3.63) is 29.8 Å². The van der Waals surface area contributed by atoms with Gasteiger partial charge < -0.3 is 15.2 Å². The third-order valence-corrected chi connectivity index (χ3v) is 3.61. The van der Waals surface area contributed by atoms with E-state index in [1.807, 2.05) is 6.92 Å². The fourth-order valence-electron chi connectivity index (χ4n) is 1.64. The Morgan fingerprint density at radius 2 is 2.00 bits per heavy atom. The van der Waals surface area contributed by atoms with Gasteiger partial charge in [-0.1, -0.05) is 12.1 Å². The average Bonchev–Trinajstić information content (AvgIpc) is 2.39. The maximum Gasteiger partial charge on any atom is 0.0652 e. The smallest absolute Gasteiger partial charge is 0.0652 e. The summed E-state index contributed by atoms with van der Waals surface area (Å²) >= 11 is 1.71. The predicted octanol–water partition coefficient (Wildman–Crippen LogP) is 1.85. The highest BCUT2D eigenvalue weighted by atomic mass is 32.2. The van der Waals surface area contributed by atoms with E-state index in [0.29, 0.717) is 6.61 Å². The summed E-state index contributed by atoms with van der Waals surface area (Å²) in [5, 5.41) is 12.9. The van der Waals surface area contributed by atoms with E-state index in [1.165, 1.54) is 4.90 Å². The highest BCUT2D eigenvalue weighted by molar-refractivity contribution is 7.98. The molecule has 1 atom stereocenters. The van der Waals surface area contributed by atoms with Gasteiger partial charge in [-0.3, -0.25) is 0 Å². The summed E-state index contributed by atoms with van der Waals surface area (Å²) in [6, 6.07) is 8.27. The SMILES string of the molecule is COCCNC(C)(CO)c1ccc(SC)cc1. The first-order valence-electron chi connectivity index (χ1n) is 5.65. The Hall–Kier alpha value is -0.550. The first-order chi connectivity index (χ1) is 8.16. The minimum Gasteiger partial charge on any atom is -0.394 e. The number of nitrogens with one attached hydrogen (secondary N) is 1. The van der Waals surface area contributed by atoms with Crippen LogP contribution in [0.25, 0.3) is 0 Å². The van der Waals surface area contributed by atoms with E-state index in [2.05, 4.69) is 35.8 Å². The number of thioether (sulfide) groups is 1. The lowest BCUT2D eigenvalue weighted by Gasteiger charge is -2.29. The largest absolute Gasteiger partial charge is 0.394 e. The standard InChI is InChI=1S/C13H21NO2S/c1-13(10-15,14-8-9-16-2)11-4-6-12(17-3)7-5-11/h4-7,14-15H,8-10H2,1-3H3. The monoisotopic (exact) mass is 255 g/mol. The van der Waals surface area contributed by atoms with Crippen molar-refractivity contribution in [2.45, 2.75) is 17.4 Å². The minimum atomic E-state index is -0.407. The number of aliphatic hydroxyl groups excluding tert-OH is 1. The molecule has 1 unspecified atom stereocenters. The molecule has 96 valence electrons. The van der Waals surface area contributed by atoms with Gasteiger partial charge in [0.25, 0.3) is 0 Å². The number of hydrogen-bond donors (Lipinski definition) is 2. The fourth-order valence-corrected chi connectivity index (χ4v) is 2.05. The Bertz CT molecular complexity index is 329. The summed E-state index contributed by atoms with van der Waals surface area (Å²) in [5.41, 5.74) is 0.684. The molecule has 0 bridgehead atoms. The van der Waals surface area contributed by atoms with Gasteiger partial charge >= 0.3 is 0 Å². The Balaban J connectivity index is 2.75. The highest BCUT2D eigenvalue weighted by Gasteiger charge is 2.24. The summed E-state index contributed by atoms with van der Waals surface area (Å²) in [4.78, 5) is 1.23. The summed E-state index contributed by atoms with van der Waals surface area (Å²) in [6.45, 7) is 3.42. The van der Waals surface area contributed by atoms with Crippen LogP contribution >= 0.6 is 11.8 Å². The van der Waals surface area contributed by atoms with Crippen LogP contribution in [0.3, 0.4) is 0 Å². The zero-order chi connectivity index (χ0) is 12.7. The number of methoxy groups -OCH3 is 1. The number of benzene rings is 1. The first kappa shape index (κ1) is 14.5. The second-order valence-corrected chi connectivity index (χ2v) is 5.02. The van der Waals surface area contributed by atoms with Crippen LogP contribution in [-0.4, -0.2) is 38.2 Å². The number of hydrogen-bond acceptors (Lipinski definition) is 4. The molecule has 0 spiro atoms.